The first-order valence-corrected chi connectivity index (χ1v) is 10.0. The number of carbonyl (C=O) groups excluding carboxylic acids is 2. The van der Waals surface area contributed by atoms with Crippen molar-refractivity contribution in [3.8, 4) is 0 Å². The fourth-order valence-electron chi connectivity index (χ4n) is 2.53. The maximum atomic E-state index is 12.9. The lowest BCUT2D eigenvalue weighted by Gasteiger charge is -2.18. The third-order valence-electron chi connectivity index (χ3n) is 3.76. The van der Waals surface area contributed by atoms with Crippen molar-refractivity contribution in [1.29, 1.82) is 0 Å². The minimum Gasteiger partial charge on any atom is -0.444 e. The Kier molecular flexibility index (Phi) is 6.93. The first-order valence-electron chi connectivity index (χ1n) is 8.21. The van der Waals surface area contributed by atoms with Gasteiger partial charge in [0.15, 0.2) is 0 Å². The van der Waals surface area contributed by atoms with Crippen molar-refractivity contribution in [2.75, 3.05) is 5.32 Å². The number of halogens is 3. The predicted octanol–water partition coefficient (Wildman–Crippen LogP) is 6.13. The fourth-order valence-corrected chi connectivity index (χ4v) is 3.59. The maximum Gasteiger partial charge on any atom is 0.339 e. The summed E-state index contributed by atoms with van der Waals surface area (Å²) in [6.45, 7) is 0. The molecule has 1 N–H and O–H groups in total. The molecule has 4 nitrogen and oxygen atoms in total. The van der Waals surface area contributed by atoms with E-state index >= 15 is 0 Å². The van der Waals surface area contributed by atoms with Gasteiger partial charge in [-0.25, -0.2) is 4.79 Å². The molecule has 0 fully saturated rings. The van der Waals surface area contributed by atoms with Gasteiger partial charge in [0.05, 0.1) is 5.56 Å². The van der Waals surface area contributed by atoms with E-state index in [1.807, 2.05) is 12.1 Å². The number of amides is 1. The summed E-state index contributed by atoms with van der Waals surface area (Å²) < 4.78 is 6.44. The van der Waals surface area contributed by atoms with Gasteiger partial charge in [0, 0.05) is 24.9 Å². The van der Waals surface area contributed by atoms with E-state index in [0.29, 0.717) is 26.9 Å². The van der Waals surface area contributed by atoms with Crippen LogP contribution in [0.15, 0.2) is 72.8 Å². The lowest BCUT2D eigenvalue weighted by molar-refractivity contribution is -0.125. The van der Waals surface area contributed by atoms with Gasteiger partial charge in [-0.05, 0) is 59.0 Å². The van der Waals surface area contributed by atoms with Crippen molar-refractivity contribution in [2.24, 2.45) is 0 Å². The molecule has 0 saturated heterocycles. The average Bonchev–Trinajstić information content (AvgIpc) is 2.65. The average molecular weight is 526 g/mol. The molecule has 1 unspecified atom stereocenters. The standard InChI is InChI=1S/C21H14Cl2INO3/c22-15-10-16(23)12-18(11-15)25-20(26)19(13-5-2-1-3-6-13)28-21(27)14-7-4-8-17(24)9-14/h1-12,19H,(H,25,26). The first-order chi connectivity index (χ1) is 13.4. The first kappa shape index (κ1) is 20.6. The summed E-state index contributed by atoms with van der Waals surface area (Å²) >= 11 is 14.1. The maximum absolute atomic E-state index is 12.9. The Morgan fingerprint density at radius 1 is 0.893 bits per heavy atom. The zero-order valence-electron chi connectivity index (χ0n) is 14.4. The second-order valence-corrected chi connectivity index (χ2v) is 7.97. The lowest BCUT2D eigenvalue weighted by atomic mass is 10.1. The van der Waals surface area contributed by atoms with Crippen LogP contribution in [0.2, 0.25) is 10.0 Å². The molecule has 1 atom stereocenters. The van der Waals surface area contributed by atoms with Gasteiger partial charge in [0.1, 0.15) is 0 Å². The number of hydrogen-bond acceptors (Lipinski definition) is 3. The number of ether oxygens (including phenoxy) is 1. The number of carbonyl (C=O) groups is 2. The topological polar surface area (TPSA) is 55.4 Å². The van der Waals surface area contributed by atoms with Crippen molar-refractivity contribution in [3.63, 3.8) is 0 Å². The molecule has 0 saturated carbocycles. The van der Waals surface area contributed by atoms with E-state index in [0.717, 1.165) is 3.57 Å². The minimum absolute atomic E-state index is 0.367. The molecular weight excluding hydrogens is 512 g/mol. The van der Waals surface area contributed by atoms with Crippen molar-refractivity contribution in [1.82, 2.24) is 0 Å². The quantitative estimate of drug-likeness (QED) is 0.322. The van der Waals surface area contributed by atoms with Crippen LogP contribution < -0.4 is 5.32 Å². The molecule has 0 radical (unpaired) electrons. The Morgan fingerprint density at radius 3 is 2.21 bits per heavy atom. The van der Waals surface area contributed by atoms with E-state index in [4.69, 9.17) is 27.9 Å². The van der Waals surface area contributed by atoms with E-state index in [2.05, 4.69) is 27.9 Å². The Morgan fingerprint density at radius 2 is 1.57 bits per heavy atom. The zero-order chi connectivity index (χ0) is 20.1. The molecule has 0 heterocycles. The third kappa shape index (κ3) is 5.47. The van der Waals surface area contributed by atoms with Crippen LogP contribution in [0.25, 0.3) is 0 Å². The predicted molar refractivity (Wildman–Crippen MR) is 119 cm³/mol. The van der Waals surface area contributed by atoms with Gasteiger partial charge in [0.2, 0.25) is 6.10 Å². The summed E-state index contributed by atoms with van der Waals surface area (Å²) in [6, 6.07) is 20.4. The monoisotopic (exact) mass is 525 g/mol. The molecule has 142 valence electrons. The van der Waals surface area contributed by atoms with E-state index in [1.54, 1.807) is 60.7 Å². The highest BCUT2D eigenvalue weighted by Crippen LogP contribution is 2.26. The summed E-state index contributed by atoms with van der Waals surface area (Å²) in [5.74, 6) is -1.10. The highest BCUT2D eigenvalue weighted by atomic mass is 127. The second-order valence-electron chi connectivity index (χ2n) is 5.85. The third-order valence-corrected chi connectivity index (χ3v) is 4.86. The van der Waals surface area contributed by atoms with E-state index in [1.165, 1.54) is 0 Å². The Bertz CT molecular complexity index is 991. The van der Waals surface area contributed by atoms with E-state index < -0.39 is 18.0 Å². The zero-order valence-corrected chi connectivity index (χ0v) is 18.0. The van der Waals surface area contributed by atoms with Crippen LogP contribution in [-0.4, -0.2) is 11.9 Å². The fraction of sp³-hybridized carbons (Fsp3) is 0.0476. The summed E-state index contributed by atoms with van der Waals surface area (Å²) in [5.41, 5.74) is 1.33. The summed E-state index contributed by atoms with van der Waals surface area (Å²) in [7, 11) is 0. The highest BCUT2D eigenvalue weighted by molar-refractivity contribution is 14.1. The number of nitrogens with one attached hydrogen (secondary N) is 1. The Hall–Kier alpha value is -2.09. The van der Waals surface area contributed by atoms with E-state index in [9.17, 15) is 9.59 Å². The van der Waals surface area contributed by atoms with Gasteiger partial charge >= 0.3 is 5.97 Å². The molecule has 0 bridgehead atoms. The largest absolute Gasteiger partial charge is 0.444 e. The van der Waals surface area contributed by atoms with Gasteiger partial charge in [-0.1, -0.05) is 59.6 Å². The normalized spacial score (nSPS) is 11.5. The Balaban J connectivity index is 1.86. The molecule has 7 heteroatoms. The van der Waals surface area contributed by atoms with Crippen LogP contribution in [0.1, 0.15) is 22.0 Å². The van der Waals surface area contributed by atoms with Crippen LogP contribution >= 0.6 is 45.8 Å². The Labute approximate surface area is 185 Å². The van der Waals surface area contributed by atoms with Crippen molar-refractivity contribution in [3.05, 3.63) is 97.5 Å². The van der Waals surface area contributed by atoms with Crippen LogP contribution in [0.4, 0.5) is 5.69 Å². The number of hydrogen-bond donors (Lipinski definition) is 1. The van der Waals surface area contributed by atoms with Gasteiger partial charge < -0.3 is 10.1 Å². The SMILES string of the molecule is O=C(OC(C(=O)Nc1cc(Cl)cc(Cl)c1)c1ccccc1)c1cccc(I)c1. The highest BCUT2D eigenvalue weighted by Gasteiger charge is 2.26. The van der Waals surface area contributed by atoms with Crippen LogP contribution in [-0.2, 0) is 9.53 Å². The molecule has 0 aromatic heterocycles. The van der Waals surface area contributed by atoms with Crippen LogP contribution in [0.5, 0.6) is 0 Å². The van der Waals surface area contributed by atoms with Crippen LogP contribution in [0, 0.1) is 3.57 Å². The molecule has 0 spiro atoms. The summed E-state index contributed by atoms with van der Waals surface area (Å²) in [4.78, 5) is 25.5. The minimum atomic E-state index is -1.13. The summed E-state index contributed by atoms with van der Waals surface area (Å²) in [5, 5.41) is 3.47. The van der Waals surface area contributed by atoms with Gasteiger partial charge in [-0.3, -0.25) is 4.79 Å². The molecule has 3 rings (SSSR count). The second kappa shape index (κ2) is 9.41. The molecule has 3 aromatic rings. The molecule has 0 aliphatic carbocycles. The van der Waals surface area contributed by atoms with Crippen molar-refractivity contribution < 1.29 is 14.3 Å². The molecular formula is C21H14Cl2INO3. The number of anilines is 1. The van der Waals surface area contributed by atoms with Crippen molar-refractivity contribution in [2.45, 2.75) is 6.10 Å². The number of benzene rings is 3. The molecule has 28 heavy (non-hydrogen) atoms. The molecule has 0 aliphatic heterocycles. The molecule has 3 aromatic carbocycles. The van der Waals surface area contributed by atoms with Crippen LogP contribution in [0.3, 0.4) is 0 Å². The van der Waals surface area contributed by atoms with Gasteiger partial charge in [-0.15, -0.1) is 0 Å². The number of rotatable bonds is 5. The molecule has 0 aliphatic rings. The lowest BCUT2D eigenvalue weighted by Crippen LogP contribution is -2.26. The van der Waals surface area contributed by atoms with Gasteiger partial charge in [-0.2, -0.15) is 0 Å². The smallest absolute Gasteiger partial charge is 0.339 e. The van der Waals surface area contributed by atoms with Gasteiger partial charge in [0.25, 0.3) is 5.91 Å². The van der Waals surface area contributed by atoms with Crippen molar-refractivity contribution >= 4 is 63.4 Å². The molecule has 1 amide bonds. The summed E-state index contributed by atoms with van der Waals surface area (Å²) in [6.07, 6.45) is -1.13. The number of esters is 1. The van der Waals surface area contributed by atoms with E-state index in [-0.39, 0.29) is 0 Å².